The second-order valence-electron chi connectivity index (χ2n) is 3.43. The lowest BCUT2D eigenvalue weighted by Gasteiger charge is -2.07. The number of esters is 1. The Morgan fingerprint density at radius 2 is 2.07 bits per heavy atom. The zero-order valence-electron chi connectivity index (χ0n) is 8.17. The average molecular weight is 216 g/mol. The van der Waals surface area contributed by atoms with Crippen molar-refractivity contribution in [3.8, 4) is 0 Å². The van der Waals surface area contributed by atoms with E-state index < -0.39 is 35.8 Å². The number of cyclic esters (lactones) is 1. The summed E-state index contributed by atoms with van der Waals surface area (Å²) in [5.74, 6) is -3.30. The molecule has 1 fully saturated rings. The molecule has 15 heavy (non-hydrogen) atoms. The molecule has 84 valence electrons. The maximum atomic E-state index is 11.4. The van der Waals surface area contributed by atoms with Gasteiger partial charge >= 0.3 is 5.97 Å². The summed E-state index contributed by atoms with van der Waals surface area (Å²) in [4.78, 5) is 33.5. The minimum absolute atomic E-state index is 0.0199. The highest BCUT2D eigenvalue weighted by molar-refractivity contribution is 6.21. The van der Waals surface area contributed by atoms with Crippen LogP contribution in [0.4, 0.5) is 0 Å². The standard InChI is InChI=1S/C9H12O6/c1-4(10)7-8(13)5(15-9(7)14)2-3-6(11)12/h5-7,11-12H,2-3H2,1H3. The maximum absolute atomic E-state index is 11.4. The topological polar surface area (TPSA) is 101 Å². The van der Waals surface area contributed by atoms with E-state index in [9.17, 15) is 14.4 Å². The van der Waals surface area contributed by atoms with Crippen LogP contribution in [-0.2, 0) is 19.1 Å². The van der Waals surface area contributed by atoms with Crippen molar-refractivity contribution in [2.75, 3.05) is 0 Å². The van der Waals surface area contributed by atoms with Crippen LogP contribution >= 0.6 is 0 Å². The number of aliphatic hydroxyl groups excluding tert-OH is 1. The molecular formula is C9H12O6. The molecule has 6 nitrogen and oxygen atoms in total. The van der Waals surface area contributed by atoms with Crippen molar-refractivity contribution >= 4 is 17.5 Å². The van der Waals surface area contributed by atoms with Gasteiger partial charge in [-0.3, -0.25) is 14.4 Å². The minimum atomic E-state index is -1.55. The summed E-state index contributed by atoms with van der Waals surface area (Å²) in [6.07, 6.45) is -2.62. The molecule has 0 bridgehead atoms. The lowest BCUT2D eigenvalue weighted by atomic mass is 9.97. The second-order valence-corrected chi connectivity index (χ2v) is 3.43. The molecule has 2 N–H and O–H groups in total. The third-order valence-electron chi connectivity index (χ3n) is 2.19. The van der Waals surface area contributed by atoms with Crippen LogP contribution in [0.25, 0.3) is 0 Å². The number of Topliss-reactive ketones (excluding diaryl/α,β-unsaturated/α-hetero) is 2. The predicted octanol–water partition coefficient (Wildman–Crippen LogP) is -1.22. The Labute approximate surface area is 85.8 Å². The molecule has 1 aliphatic rings. The van der Waals surface area contributed by atoms with Gasteiger partial charge in [-0.2, -0.15) is 0 Å². The van der Waals surface area contributed by atoms with Gasteiger partial charge in [0, 0.05) is 6.42 Å². The predicted molar refractivity (Wildman–Crippen MR) is 46.5 cm³/mol. The molecular weight excluding hydrogens is 204 g/mol. The van der Waals surface area contributed by atoms with Crippen LogP contribution in [0.5, 0.6) is 0 Å². The zero-order chi connectivity index (χ0) is 11.6. The van der Waals surface area contributed by atoms with E-state index in [0.29, 0.717) is 0 Å². The molecule has 0 aromatic rings. The van der Waals surface area contributed by atoms with Gasteiger partial charge in [0.2, 0.25) is 0 Å². The number of hydrogen-bond acceptors (Lipinski definition) is 6. The summed E-state index contributed by atoms with van der Waals surface area (Å²) in [6, 6.07) is 0. The molecule has 1 aliphatic heterocycles. The lowest BCUT2D eigenvalue weighted by molar-refractivity contribution is -0.147. The molecule has 1 rings (SSSR count). The van der Waals surface area contributed by atoms with Gasteiger partial charge in [0.15, 0.2) is 29.9 Å². The van der Waals surface area contributed by atoms with Crippen LogP contribution in [0, 0.1) is 5.92 Å². The van der Waals surface area contributed by atoms with E-state index in [1.165, 1.54) is 0 Å². The molecule has 2 atom stereocenters. The van der Waals surface area contributed by atoms with Gasteiger partial charge in [-0.15, -0.1) is 0 Å². The largest absolute Gasteiger partial charge is 0.453 e. The SMILES string of the molecule is CC(=O)C1C(=O)OC(CCC(O)O)C1=O. The van der Waals surface area contributed by atoms with Crippen molar-refractivity contribution < 1.29 is 29.3 Å². The fraction of sp³-hybridized carbons (Fsp3) is 0.667. The normalized spacial score (nSPS) is 25.9. The molecule has 0 saturated carbocycles. The Kier molecular flexibility index (Phi) is 3.54. The smallest absolute Gasteiger partial charge is 0.324 e. The molecule has 1 saturated heterocycles. The highest BCUT2D eigenvalue weighted by Gasteiger charge is 2.45. The Morgan fingerprint density at radius 3 is 2.47 bits per heavy atom. The molecule has 0 spiro atoms. The first-order valence-electron chi connectivity index (χ1n) is 4.54. The molecule has 0 amide bonds. The summed E-state index contributed by atoms with van der Waals surface area (Å²) in [5.41, 5.74) is 0. The number of carbonyl (C=O) groups excluding carboxylic acids is 3. The third-order valence-corrected chi connectivity index (χ3v) is 2.19. The maximum Gasteiger partial charge on any atom is 0.324 e. The van der Waals surface area contributed by atoms with Crippen LogP contribution in [0.3, 0.4) is 0 Å². The zero-order valence-corrected chi connectivity index (χ0v) is 8.17. The first-order chi connectivity index (χ1) is 6.93. The molecule has 0 radical (unpaired) electrons. The first kappa shape index (κ1) is 11.8. The van der Waals surface area contributed by atoms with E-state index in [2.05, 4.69) is 4.74 Å². The highest BCUT2D eigenvalue weighted by Crippen LogP contribution is 2.21. The van der Waals surface area contributed by atoms with Crippen molar-refractivity contribution in [3.05, 3.63) is 0 Å². The minimum Gasteiger partial charge on any atom is -0.453 e. The van der Waals surface area contributed by atoms with E-state index >= 15 is 0 Å². The average Bonchev–Trinajstić information content (AvgIpc) is 2.37. The summed E-state index contributed by atoms with van der Waals surface area (Å²) < 4.78 is 4.67. The van der Waals surface area contributed by atoms with Gasteiger partial charge in [-0.25, -0.2) is 0 Å². The summed E-state index contributed by atoms with van der Waals surface area (Å²) in [6.45, 7) is 1.15. The monoisotopic (exact) mass is 216 g/mol. The van der Waals surface area contributed by atoms with E-state index in [1.54, 1.807) is 0 Å². The van der Waals surface area contributed by atoms with Crippen molar-refractivity contribution in [1.82, 2.24) is 0 Å². The highest BCUT2D eigenvalue weighted by atomic mass is 16.6. The van der Waals surface area contributed by atoms with E-state index in [4.69, 9.17) is 10.2 Å². The summed E-state index contributed by atoms with van der Waals surface area (Å²) >= 11 is 0. The van der Waals surface area contributed by atoms with Crippen molar-refractivity contribution in [2.24, 2.45) is 5.92 Å². The van der Waals surface area contributed by atoms with Gasteiger partial charge < -0.3 is 14.9 Å². The first-order valence-corrected chi connectivity index (χ1v) is 4.54. The molecule has 0 aliphatic carbocycles. The Morgan fingerprint density at radius 1 is 1.47 bits per heavy atom. The van der Waals surface area contributed by atoms with E-state index in [-0.39, 0.29) is 12.8 Å². The van der Waals surface area contributed by atoms with Gasteiger partial charge in [-0.1, -0.05) is 0 Å². The van der Waals surface area contributed by atoms with Gasteiger partial charge in [0.1, 0.15) is 0 Å². The van der Waals surface area contributed by atoms with Crippen LogP contribution in [0.1, 0.15) is 19.8 Å². The van der Waals surface area contributed by atoms with Crippen molar-refractivity contribution in [1.29, 1.82) is 0 Å². The number of aliphatic hydroxyl groups is 2. The molecule has 0 aromatic carbocycles. The van der Waals surface area contributed by atoms with Gasteiger partial charge in [-0.05, 0) is 13.3 Å². The number of carbonyl (C=O) groups is 3. The van der Waals surface area contributed by atoms with Gasteiger partial charge in [0.25, 0.3) is 0 Å². The number of hydrogen-bond donors (Lipinski definition) is 2. The number of ketones is 2. The summed E-state index contributed by atoms with van der Waals surface area (Å²) in [7, 11) is 0. The molecule has 1 heterocycles. The fourth-order valence-electron chi connectivity index (χ4n) is 1.44. The van der Waals surface area contributed by atoms with E-state index in [1.807, 2.05) is 0 Å². The summed E-state index contributed by atoms with van der Waals surface area (Å²) in [5, 5.41) is 17.2. The third kappa shape index (κ3) is 2.60. The molecule has 0 aromatic heterocycles. The van der Waals surface area contributed by atoms with Crippen LogP contribution in [0.15, 0.2) is 0 Å². The van der Waals surface area contributed by atoms with Gasteiger partial charge in [0.05, 0.1) is 0 Å². The Balaban J connectivity index is 2.61. The van der Waals surface area contributed by atoms with Crippen molar-refractivity contribution in [3.63, 3.8) is 0 Å². The number of rotatable bonds is 4. The lowest BCUT2D eigenvalue weighted by Crippen LogP contribution is -2.26. The molecule has 6 heteroatoms. The van der Waals surface area contributed by atoms with Crippen LogP contribution in [-0.4, -0.2) is 40.1 Å². The Hall–Kier alpha value is -1.27. The fourth-order valence-corrected chi connectivity index (χ4v) is 1.44. The quantitative estimate of drug-likeness (QED) is 0.347. The van der Waals surface area contributed by atoms with E-state index in [0.717, 1.165) is 6.92 Å². The van der Waals surface area contributed by atoms with Crippen molar-refractivity contribution in [2.45, 2.75) is 32.2 Å². The second kappa shape index (κ2) is 4.50. The molecule has 2 unspecified atom stereocenters. The van der Waals surface area contributed by atoms with Crippen LogP contribution in [0.2, 0.25) is 0 Å². The Bertz CT molecular complexity index is 295. The van der Waals surface area contributed by atoms with Crippen LogP contribution < -0.4 is 0 Å². The number of ether oxygens (including phenoxy) is 1.